The van der Waals surface area contributed by atoms with Gasteiger partial charge in [-0.05, 0) is 24.1 Å². The van der Waals surface area contributed by atoms with Crippen LogP contribution >= 0.6 is 23.2 Å². The monoisotopic (exact) mass is 443 g/mol. The van der Waals surface area contributed by atoms with Crippen LogP contribution in [0.1, 0.15) is 35.7 Å². The van der Waals surface area contributed by atoms with Gasteiger partial charge in [0.25, 0.3) is 5.91 Å². The van der Waals surface area contributed by atoms with Gasteiger partial charge >= 0.3 is 5.97 Å². The van der Waals surface area contributed by atoms with E-state index in [4.69, 9.17) is 37.8 Å². The molecule has 29 heavy (non-hydrogen) atoms. The molecule has 0 atom stereocenters. The standard InChI is InChI=1S/C20H20Cl2FNO5/c1-10(2)13-7-12(8-16(23)18(13)28-4)29-19-14(21)5-11(6-15(19)22)20(27)24(3)9-17(25)26/h5-8,10H,9H2,1-4H3,(H,25,26). The number of carbonyl (C=O) groups excluding carboxylic acids is 1. The Morgan fingerprint density at radius 3 is 2.21 bits per heavy atom. The van der Waals surface area contributed by atoms with Crippen molar-refractivity contribution >= 4 is 35.1 Å². The highest BCUT2D eigenvalue weighted by atomic mass is 35.5. The van der Waals surface area contributed by atoms with Crippen molar-refractivity contribution in [3.8, 4) is 17.2 Å². The Balaban J connectivity index is 2.38. The topological polar surface area (TPSA) is 76.1 Å². The van der Waals surface area contributed by atoms with Crippen LogP contribution in [0.2, 0.25) is 10.0 Å². The summed E-state index contributed by atoms with van der Waals surface area (Å²) in [4.78, 5) is 24.1. The molecule has 0 radical (unpaired) electrons. The number of benzene rings is 2. The first-order valence-corrected chi connectivity index (χ1v) is 9.32. The van der Waals surface area contributed by atoms with Gasteiger partial charge in [-0.3, -0.25) is 9.59 Å². The SMILES string of the molecule is COc1c(F)cc(Oc2c(Cl)cc(C(=O)N(C)CC(=O)O)cc2Cl)cc1C(C)C. The highest BCUT2D eigenvalue weighted by Gasteiger charge is 2.20. The van der Waals surface area contributed by atoms with E-state index in [-0.39, 0.29) is 38.8 Å². The van der Waals surface area contributed by atoms with Crippen molar-refractivity contribution in [2.24, 2.45) is 0 Å². The minimum absolute atomic E-state index is 0.0203. The molecular weight excluding hydrogens is 424 g/mol. The summed E-state index contributed by atoms with van der Waals surface area (Å²) < 4.78 is 25.2. The lowest BCUT2D eigenvalue weighted by Crippen LogP contribution is -2.31. The van der Waals surface area contributed by atoms with Crippen molar-refractivity contribution < 1.29 is 28.6 Å². The van der Waals surface area contributed by atoms with Crippen LogP contribution in [-0.4, -0.2) is 42.6 Å². The van der Waals surface area contributed by atoms with Gasteiger partial charge in [-0.15, -0.1) is 0 Å². The van der Waals surface area contributed by atoms with E-state index in [1.165, 1.54) is 26.3 Å². The number of methoxy groups -OCH3 is 1. The molecule has 1 N–H and O–H groups in total. The Morgan fingerprint density at radius 2 is 1.72 bits per heavy atom. The van der Waals surface area contributed by atoms with Crippen LogP contribution in [0.5, 0.6) is 17.2 Å². The summed E-state index contributed by atoms with van der Waals surface area (Å²) in [7, 11) is 2.73. The maximum absolute atomic E-state index is 14.4. The van der Waals surface area contributed by atoms with Gasteiger partial charge in [-0.25, -0.2) is 4.39 Å². The van der Waals surface area contributed by atoms with E-state index in [0.717, 1.165) is 11.0 Å². The predicted molar refractivity (Wildman–Crippen MR) is 108 cm³/mol. The number of hydrogen-bond acceptors (Lipinski definition) is 4. The Labute approximate surface area is 177 Å². The van der Waals surface area contributed by atoms with Crippen LogP contribution in [0.4, 0.5) is 4.39 Å². The molecule has 2 aromatic carbocycles. The normalized spacial score (nSPS) is 10.8. The highest BCUT2D eigenvalue weighted by molar-refractivity contribution is 6.37. The third kappa shape index (κ3) is 5.31. The smallest absolute Gasteiger partial charge is 0.323 e. The highest BCUT2D eigenvalue weighted by Crippen LogP contribution is 2.40. The van der Waals surface area contributed by atoms with E-state index >= 15 is 0 Å². The third-order valence-corrected chi connectivity index (χ3v) is 4.62. The largest absolute Gasteiger partial charge is 0.493 e. The molecule has 0 fully saturated rings. The second-order valence-electron chi connectivity index (χ2n) is 6.61. The van der Waals surface area contributed by atoms with Crippen LogP contribution in [0.25, 0.3) is 0 Å². The van der Waals surface area contributed by atoms with Crippen LogP contribution in [-0.2, 0) is 4.79 Å². The Morgan fingerprint density at radius 1 is 1.14 bits per heavy atom. The van der Waals surface area contributed by atoms with E-state index in [9.17, 15) is 14.0 Å². The van der Waals surface area contributed by atoms with Crippen LogP contribution < -0.4 is 9.47 Å². The van der Waals surface area contributed by atoms with Gasteiger partial charge in [-0.1, -0.05) is 37.0 Å². The second kappa shape index (κ2) is 9.33. The van der Waals surface area contributed by atoms with Crippen molar-refractivity contribution in [2.75, 3.05) is 20.7 Å². The molecule has 0 aromatic heterocycles. The number of hydrogen-bond donors (Lipinski definition) is 1. The lowest BCUT2D eigenvalue weighted by Gasteiger charge is -2.18. The van der Waals surface area contributed by atoms with E-state index in [2.05, 4.69) is 0 Å². The fourth-order valence-corrected chi connectivity index (χ4v) is 3.25. The molecule has 2 rings (SSSR count). The van der Waals surface area contributed by atoms with Crippen LogP contribution in [0.3, 0.4) is 0 Å². The molecule has 2 aromatic rings. The number of aliphatic carboxylic acids is 1. The molecule has 0 saturated heterocycles. The number of carbonyl (C=O) groups is 2. The van der Waals surface area contributed by atoms with Crippen LogP contribution in [0.15, 0.2) is 24.3 Å². The molecule has 0 bridgehead atoms. The van der Waals surface area contributed by atoms with Gasteiger partial charge < -0.3 is 19.5 Å². The number of carboxylic acid groups (broad SMARTS) is 1. The molecule has 0 aliphatic carbocycles. The minimum atomic E-state index is -1.15. The summed E-state index contributed by atoms with van der Waals surface area (Å²) in [6.45, 7) is 3.29. The Kier molecular flexibility index (Phi) is 7.32. The predicted octanol–water partition coefficient (Wildman–Crippen LogP) is 5.21. The minimum Gasteiger partial charge on any atom is -0.493 e. The lowest BCUT2D eigenvalue weighted by molar-refractivity contribution is -0.137. The first-order valence-electron chi connectivity index (χ1n) is 8.56. The second-order valence-corrected chi connectivity index (χ2v) is 7.42. The first kappa shape index (κ1) is 22.8. The zero-order valence-corrected chi connectivity index (χ0v) is 17.8. The van der Waals surface area contributed by atoms with Crippen LogP contribution in [0, 0.1) is 5.82 Å². The summed E-state index contributed by atoms with van der Waals surface area (Å²) in [5.74, 6) is -2.00. The molecule has 9 heteroatoms. The Hall–Kier alpha value is -2.51. The van der Waals surface area contributed by atoms with Gasteiger partial charge in [0.15, 0.2) is 17.3 Å². The van der Waals surface area contributed by atoms with Crippen molar-refractivity contribution in [1.29, 1.82) is 0 Å². The van der Waals surface area contributed by atoms with Crippen molar-refractivity contribution in [3.05, 3.63) is 51.3 Å². The van der Waals surface area contributed by atoms with Gasteiger partial charge in [0.05, 0.1) is 17.2 Å². The molecule has 0 aliphatic rings. The maximum atomic E-state index is 14.4. The maximum Gasteiger partial charge on any atom is 0.323 e. The van der Waals surface area contributed by atoms with E-state index in [0.29, 0.717) is 5.56 Å². The van der Waals surface area contributed by atoms with Gasteiger partial charge in [-0.2, -0.15) is 0 Å². The summed E-state index contributed by atoms with van der Waals surface area (Å²) in [6, 6.07) is 5.40. The number of amides is 1. The third-order valence-electron chi connectivity index (χ3n) is 4.06. The number of halogens is 3. The first-order chi connectivity index (χ1) is 13.5. The number of carboxylic acids is 1. The number of likely N-dealkylation sites (N-methyl/N-ethyl adjacent to an activating group) is 1. The summed E-state index contributed by atoms with van der Waals surface area (Å²) in [5, 5.41) is 8.85. The molecule has 0 aliphatic heterocycles. The molecular formula is C20H20Cl2FNO5. The molecule has 0 saturated carbocycles. The Bertz CT molecular complexity index is 926. The van der Waals surface area contributed by atoms with E-state index in [1.807, 2.05) is 13.8 Å². The van der Waals surface area contributed by atoms with Gasteiger partial charge in [0.2, 0.25) is 0 Å². The molecule has 0 heterocycles. The average Bonchev–Trinajstić information content (AvgIpc) is 2.62. The summed E-state index contributed by atoms with van der Waals surface area (Å²) in [5.41, 5.74) is 0.705. The van der Waals surface area contributed by atoms with Gasteiger partial charge in [0, 0.05) is 24.2 Å². The fraction of sp³-hybridized carbons (Fsp3) is 0.300. The lowest BCUT2D eigenvalue weighted by atomic mass is 10.0. The summed E-state index contributed by atoms with van der Waals surface area (Å²) >= 11 is 12.4. The zero-order chi connectivity index (χ0) is 21.9. The zero-order valence-electron chi connectivity index (χ0n) is 16.3. The number of nitrogens with zero attached hydrogens (tertiary/aromatic N) is 1. The molecule has 0 spiro atoms. The quantitative estimate of drug-likeness (QED) is 0.634. The summed E-state index contributed by atoms with van der Waals surface area (Å²) in [6.07, 6.45) is 0. The van der Waals surface area contributed by atoms with E-state index in [1.54, 1.807) is 6.07 Å². The van der Waals surface area contributed by atoms with Crippen molar-refractivity contribution in [2.45, 2.75) is 19.8 Å². The van der Waals surface area contributed by atoms with E-state index < -0.39 is 24.2 Å². The number of ether oxygens (including phenoxy) is 2. The molecule has 1 amide bonds. The average molecular weight is 444 g/mol. The van der Waals surface area contributed by atoms with Crippen molar-refractivity contribution in [1.82, 2.24) is 4.90 Å². The molecule has 0 unspecified atom stereocenters. The number of rotatable bonds is 7. The molecule has 6 nitrogen and oxygen atoms in total. The molecule has 156 valence electrons. The van der Waals surface area contributed by atoms with Gasteiger partial charge in [0.1, 0.15) is 12.3 Å². The fourth-order valence-electron chi connectivity index (χ4n) is 2.69. The van der Waals surface area contributed by atoms with Crippen molar-refractivity contribution in [3.63, 3.8) is 0 Å².